The first-order valence-corrected chi connectivity index (χ1v) is 8.39. The maximum Gasteiger partial charge on any atom is 0.337 e. The van der Waals surface area contributed by atoms with E-state index in [9.17, 15) is 14.7 Å². The first kappa shape index (κ1) is 18.4. The summed E-state index contributed by atoms with van der Waals surface area (Å²) in [4.78, 5) is 24.6. The third-order valence-electron chi connectivity index (χ3n) is 4.28. The second-order valence-corrected chi connectivity index (χ2v) is 5.97. The van der Waals surface area contributed by atoms with Crippen molar-refractivity contribution in [2.75, 3.05) is 12.4 Å². The second-order valence-electron chi connectivity index (χ2n) is 5.97. The van der Waals surface area contributed by atoms with E-state index < -0.39 is 17.5 Å². The van der Waals surface area contributed by atoms with E-state index in [0.29, 0.717) is 22.4 Å². The Bertz CT molecular complexity index is 882. The van der Waals surface area contributed by atoms with E-state index in [1.807, 2.05) is 12.1 Å². The number of hydrogen-bond acceptors (Lipinski definition) is 4. The zero-order chi connectivity index (χ0) is 19.3. The van der Waals surface area contributed by atoms with Crippen molar-refractivity contribution in [1.29, 1.82) is 0 Å². The minimum atomic E-state index is -1.86. The van der Waals surface area contributed by atoms with Crippen LogP contribution in [0.5, 0.6) is 0 Å². The Hall–Kier alpha value is -3.44. The molecule has 0 atom stereocenters. The maximum atomic E-state index is 13.1. The molecule has 5 nitrogen and oxygen atoms in total. The first-order chi connectivity index (χ1) is 13.1. The highest BCUT2D eigenvalue weighted by Crippen LogP contribution is 2.31. The normalized spacial score (nSPS) is 10.9. The topological polar surface area (TPSA) is 75.6 Å². The number of methoxy groups -OCH3 is 1. The summed E-state index contributed by atoms with van der Waals surface area (Å²) in [6.45, 7) is 0. The molecule has 27 heavy (non-hydrogen) atoms. The van der Waals surface area contributed by atoms with Gasteiger partial charge in [-0.1, -0.05) is 60.7 Å². The molecule has 0 aliphatic heterocycles. The van der Waals surface area contributed by atoms with Crippen LogP contribution in [0.25, 0.3) is 0 Å². The molecule has 136 valence electrons. The summed E-state index contributed by atoms with van der Waals surface area (Å²) in [6.07, 6.45) is 0. The average Bonchev–Trinajstić information content (AvgIpc) is 2.74. The molecule has 0 aliphatic carbocycles. The van der Waals surface area contributed by atoms with E-state index in [1.54, 1.807) is 72.8 Å². The molecule has 0 aromatic heterocycles. The fourth-order valence-corrected chi connectivity index (χ4v) is 2.82. The van der Waals surface area contributed by atoms with Gasteiger partial charge in [0, 0.05) is 5.69 Å². The number of carbonyl (C=O) groups excluding carboxylic acids is 2. The van der Waals surface area contributed by atoms with Crippen molar-refractivity contribution >= 4 is 17.6 Å². The van der Waals surface area contributed by atoms with Crippen LogP contribution in [0.1, 0.15) is 21.5 Å². The van der Waals surface area contributed by atoms with Crippen LogP contribution < -0.4 is 5.32 Å². The molecule has 0 saturated carbocycles. The molecule has 0 spiro atoms. The lowest BCUT2D eigenvalue weighted by atomic mass is 9.85. The standard InChI is InChI=1S/C22H19NO4/c1-27-20(24)16-12-14-19(15-13-16)23-21(25)22(26,17-8-4-2-5-9-17)18-10-6-3-7-11-18/h2-15,26H,1H3,(H,23,25). The van der Waals surface area contributed by atoms with Gasteiger partial charge in [0.2, 0.25) is 0 Å². The number of esters is 1. The second kappa shape index (κ2) is 7.85. The Balaban J connectivity index is 1.94. The molecule has 0 radical (unpaired) electrons. The molecule has 0 unspecified atom stereocenters. The maximum absolute atomic E-state index is 13.1. The number of rotatable bonds is 5. The minimum Gasteiger partial charge on any atom is -0.465 e. The monoisotopic (exact) mass is 361 g/mol. The molecule has 2 N–H and O–H groups in total. The van der Waals surface area contributed by atoms with Crippen LogP contribution in [-0.2, 0) is 15.1 Å². The van der Waals surface area contributed by atoms with E-state index in [0.717, 1.165) is 0 Å². The summed E-state index contributed by atoms with van der Waals surface area (Å²) in [5, 5.41) is 14.1. The number of amides is 1. The molecular weight excluding hydrogens is 342 g/mol. The van der Waals surface area contributed by atoms with E-state index in [4.69, 9.17) is 0 Å². The van der Waals surface area contributed by atoms with Crippen LogP contribution in [0.3, 0.4) is 0 Å². The highest BCUT2D eigenvalue weighted by atomic mass is 16.5. The fourth-order valence-electron chi connectivity index (χ4n) is 2.82. The van der Waals surface area contributed by atoms with Gasteiger partial charge in [0.15, 0.2) is 5.60 Å². The van der Waals surface area contributed by atoms with Crippen LogP contribution >= 0.6 is 0 Å². The van der Waals surface area contributed by atoms with Crippen LogP contribution in [0.2, 0.25) is 0 Å². The zero-order valence-corrected chi connectivity index (χ0v) is 14.8. The van der Waals surface area contributed by atoms with Crippen molar-refractivity contribution in [2.24, 2.45) is 0 Å². The van der Waals surface area contributed by atoms with Gasteiger partial charge in [-0.05, 0) is 35.4 Å². The van der Waals surface area contributed by atoms with Gasteiger partial charge in [-0.25, -0.2) is 4.79 Å². The Kier molecular flexibility index (Phi) is 5.33. The zero-order valence-electron chi connectivity index (χ0n) is 14.8. The van der Waals surface area contributed by atoms with Gasteiger partial charge in [0.25, 0.3) is 5.91 Å². The van der Waals surface area contributed by atoms with Crippen LogP contribution in [-0.4, -0.2) is 24.1 Å². The van der Waals surface area contributed by atoms with E-state index in [2.05, 4.69) is 10.1 Å². The van der Waals surface area contributed by atoms with Gasteiger partial charge in [-0.2, -0.15) is 0 Å². The molecule has 0 heterocycles. The van der Waals surface area contributed by atoms with Crippen LogP contribution in [0.4, 0.5) is 5.69 Å². The molecular formula is C22H19NO4. The summed E-state index contributed by atoms with van der Waals surface area (Å²) in [5.74, 6) is -1.05. The van der Waals surface area contributed by atoms with Gasteiger partial charge >= 0.3 is 5.97 Å². The number of nitrogens with one attached hydrogen (secondary N) is 1. The quantitative estimate of drug-likeness (QED) is 0.684. The highest BCUT2D eigenvalue weighted by Gasteiger charge is 2.39. The van der Waals surface area contributed by atoms with Gasteiger partial charge < -0.3 is 15.2 Å². The third-order valence-corrected chi connectivity index (χ3v) is 4.28. The van der Waals surface area contributed by atoms with E-state index >= 15 is 0 Å². The van der Waals surface area contributed by atoms with Crippen LogP contribution in [0, 0.1) is 0 Å². The van der Waals surface area contributed by atoms with E-state index in [-0.39, 0.29) is 0 Å². The highest BCUT2D eigenvalue weighted by molar-refractivity contribution is 6.00. The number of benzene rings is 3. The van der Waals surface area contributed by atoms with Crippen molar-refractivity contribution in [3.8, 4) is 0 Å². The molecule has 0 aliphatic rings. The lowest BCUT2D eigenvalue weighted by Gasteiger charge is -2.28. The van der Waals surface area contributed by atoms with Crippen molar-refractivity contribution < 1.29 is 19.4 Å². The van der Waals surface area contributed by atoms with Crippen molar-refractivity contribution in [3.63, 3.8) is 0 Å². The number of hydrogen-bond donors (Lipinski definition) is 2. The van der Waals surface area contributed by atoms with Crippen molar-refractivity contribution in [2.45, 2.75) is 5.60 Å². The van der Waals surface area contributed by atoms with Gasteiger partial charge in [0.1, 0.15) is 0 Å². The van der Waals surface area contributed by atoms with Gasteiger partial charge in [-0.15, -0.1) is 0 Å². The fraction of sp³-hybridized carbons (Fsp3) is 0.0909. The Labute approximate surface area is 157 Å². The van der Waals surface area contributed by atoms with Crippen molar-refractivity contribution in [3.05, 3.63) is 102 Å². The molecule has 0 bridgehead atoms. The SMILES string of the molecule is COC(=O)c1ccc(NC(=O)C(O)(c2ccccc2)c2ccccc2)cc1. The third kappa shape index (κ3) is 3.73. The molecule has 3 rings (SSSR count). The predicted octanol–water partition coefficient (Wildman–Crippen LogP) is 3.35. The smallest absolute Gasteiger partial charge is 0.337 e. The van der Waals surface area contributed by atoms with Crippen molar-refractivity contribution in [1.82, 2.24) is 0 Å². The first-order valence-electron chi connectivity index (χ1n) is 8.39. The number of carbonyl (C=O) groups is 2. The Morgan fingerprint density at radius 1 is 0.815 bits per heavy atom. The molecule has 5 heteroatoms. The molecule has 1 amide bonds. The number of ether oxygens (including phenoxy) is 1. The predicted molar refractivity (Wildman–Crippen MR) is 102 cm³/mol. The Morgan fingerprint density at radius 3 is 1.74 bits per heavy atom. The summed E-state index contributed by atoms with van der Waals surface area (Å²) >= 11 is 0. The largest absolute Gasteiger partial charge is 0.465 e. The number of aliphatic hydroxyl groups is 1. The summed E-state index contributed by atoms with van der Waals surface area (Å²) in [7, 11) is 1.30. The summed E-state index contributed by atoms with van der Waals surface area (Å²) in [6, 6.07) is 23.8. The van der Waals surface area contributed by atoms with E-state index in [1.165, 1.54) is 7.11 Å². The Morgan fingerprint density at radius 2 is 1.30 bits per heavy atom. The van der Waals surface area contributed by atoms with Gasteiger partial charge in [0.05, 0.1) is 12.7 Å². The molecule has 0 saturated heterocycles. The lowest BCUT2D eigenvalue weighted by Crippen LogP contribution is -2.41. The van der Waals surface area contributed by atoms with Gasteiger partial charge in [-0.3, -0.25) is 4.79 Å². The summed E-state index contributed by atoms with van der Waals surface area (Å²) < 4.78 is 4.66. The van der Waals surface area contributed by atoms with Crippen LogP contribution in [0.15, 0.2) is 84.9 Å². The summed E-state index contributed by atoms with van der Waals surface area (Å²) in [5.41, 5.74) is -0.113. The lowest BCUT2D eigenvalue weighted by molar-refractivity contribution is -0.131. The molecule has 3 aromatic carbocycles. The average molecular weight is 361 g/mol. The minimum absolute atomic E-state index is 0.372. The molecule has 0 fully saturated rings. The molecule has 3 aromatic rings. The number of anilines is 1.